The smallest absolute Gasteiger partial charge is 0.226 e. The number of nitrogens with zero attached hydrogens (tertiary/aromatic N) is 1. The van der Waals surface area contributed by atoms with Gasteiger partial charge >= 0.3 is 0 Å². The van der Waals surface area contributed by atoms with Gasteiger partial charge in [0.05, 0.1) is 6.42 Å². The van der Waals surface area contributed by atoms with Crippen molar-refractivity contribution in [3.05, 3.63) is 35.4 Å². The van der Waals surface area contributed by atoms with Crippen molar-refractivity contribution in [3.8, 4) is 0 Å². The van der Waals surface area contributed by atoms with Gasteiger partial charge in [0.1, 0.15) is 5.78 Å². The summed E-state index contributed by atoms with van der Waals surface area (Å²) in [4.78, 5) is 25.4. The average Bonchev–Trinajstić information content (AvgIpc) is 2.41. The van der Waals surface area contributed by atoms with Crippen molar-refractivity contribution in [2.24, 2.45) is 0 Å². The highest BCUT2D eigenvalue weighted by molar-refractivity contribution is 5.81. The van der Waals surface area contributed by atoms with Gasteiger partial charge in [0.15, 0.2) is 0 Å². The Morgan fingerprint density at radius 1 is 1.26 bits per heavy atom. The van der Waals surface area contributed by atoms with Gasteiger partial charge in [0.2, 0.25) is 5.91 Å². The molecule has 3 heteroatoms. The summed E-state index contributed by atoms with van der Waals surface area (Å²) in [7, 11) is 1.86. The van der Waals surface area contributed by atoms with Crippen LogP contribution in [0.25, 0.3) is 0 Å². The van der Waals surface area contributed by atoms with Crippen LogP contribution < -0.4 is 0 Å². The number of hydrogen-bond donors (Lipinski definition) is 0. The van der Waals surface area contributed by atoms with Crippen LogP contribution in [0.5, 0.6) is 0 Å². The lowest BCUT2D eigenvalue weighted by atomic mass is 9.93. The number of ketones is 1. The summed E-state index contributed by atoms with van der Waals surface area (Å²) in [5.74, 6) is 0.477. The molecule has 19 heavy (non-hydrogen) atoms. The Balaban J connectivity index is 1.96. The Morgan fingerprint density at radius 3 is 2.53 bits per heavy atom. The van der Waals surface area contributed by atoms with E-state index < -0.39 is 0 Å². The second-order valence-corrected chi connectivity index (χ2v) is 5.38. The van der Waals surface area contributed by atoms with E-state index in [4.69, 9.17) is 0 Å². The third-order valence-corrected chi connectivity index (χ3v) is 4.06. The Hall–Kier alpha value is -1.64. The van der Waals surface area contributed by atoms with Crippen LogP contribution in [0.2, 0.25) is 0 Å². The predicted octanol–water partition coefficient (Wildman–Crippen LogP) is 2.51. The molecule has 0 saturated heterocycles. The molecular formula is C16H21NO2. The van der Waals surface area contributed by atoms with Crippen LogP contribution in [0.15, 0.2) is 24.3 Å². The van der Waals surface area contributed by atoms with Gasteiger partial charge in [-0.3, -0.25) is 9.59 Å². The molecule has 2 rings (SSSR count). The van der Waals surface area contributed by atoms with Gasteiger partial charge < -0.3 is 4.90 Å². The van der Waals surface area contributed by atoms with E-state index >= 15 is 0 Å². The minimum Gasteiger partial charge on any atom is -0.342 e. The molecule has 0 aliphatic heterocycles. The molecular weight excluding hydrogens is 238 g/mol. The van der Waals surface area contributed by atoms with Gasteiger partial charge in [-0.1, -0.05) is 24.3 Å². The third kappa shape index (κ3) is 3.43. The maximum atomic E-state index is 12.3. The van der Waals surface area contributed by atoms with Crippen molar-refractivity contribution < 1.29 is 9.59 Å². The summed E-state index contributed by atoms with van der Waals surface area (Å²) in [5.41, 5.74) is 2.24. The van der Waals surface area contributed by atoms with Crippen LogP contribution in [-0.2, 0) is 16.0 Å². The summed E-state index contributed by atoms with van der Waals surface area (Å²) in [6, 6.07) is 8.22. The molecule has 0 bridgehead atoms. The molecule has 1 aromatic carbocycles. The lowest BCUT2D eigenvalue weighted by molar-refractivity contribution is -0.133. The Morgan fingerprint density at radius 2 is 1.89 bits per heavy atom. The van der Waals surface area contributed by atoms with E-state index in [1.54, 1.807) is 0 Å². The van der Waals surface area contributed by atoms with Crippen LogP contribution in [0.1, 0.15) is 36.8 Å². The maximum Gasteiger partial charge on any atom is 0.226 e. The van der Waals surface area contributed by atoms with E-state index in [1.807, 2.05) is 43.1 Å². The molecule has 0 unspecified atom stereocenters. The number of carbonyl (C=O) groups excluding carboxylic acids is 2. The number of carbonyl (C=O) groups is 2. The molecule has 0 radical (unpaired) electrons. The van der Waals surface area contributed by atoms with Crippen molar-refractivity contribution in [1.82, 2.24) is 4.90 Å². The zero-order valence-electron chi connectivity index (χ0n) is 11.7. The van der Waals surface area contributed by atoms with Crippen molar-refractivity contribution >= 4 is 11.7 Å². The lowest BCUT2D eigenvalue weighted by Crippen LogP contribution is -2.40. The van der Waals surface area contributed by atoms with Gasteiger partial charge in [-0.2, -0.15) is 0 Å². The molecule has 0 spiro atoms. The molecule has 0 atom stereocenters. The van der Waals surface area contributed by atoms with Crippen molar-refractivity contribution in [2.45, 2.75) is 45.1 Å². The van der Waals surface area contributed by atoms with Crippen LogP contribution in [-0.4, -0.2) is 29.7 Å². The first-order valence-electron chi connectivity index (χ1n) is 6.90. The molecule has 1 saturated carbocycles. The molecule has 1 aliphatic carbocycles. The minimum atomic E-state index is 0.147. The first-order valence-corrected chi connectivity index (χ1v) is 6.90. The standard InChI is InChI=1S/C16H21NO2/c1-12-5-3-4-6-13(12)11-16(19)17(2)14-7-9-15(18)10-8-14/h3-6,14H,7-11H2,1-2H3. The normalized spacial score (nSPS) is 16.4. The van der Waals surface area contributed by atoms with Crippen LogP contribution >= 0.6 is 0 Å². The quantitative estimate of drug-likeness (QED) is 0.836. The summed E-state index contributed by atoms with van der Waals surface area (Å²) in [6.45, 7) is 2.03. The van der Waals surface area contributed by atoms with E-state index in [0.29, 0.717) is 25.0 Å². The summed E-state index contributed by atoms with van der Waals surface area (Å²) >= 11 is 0. The zero-order chi connectivity index (χ0) is 13.8. The molecule has 0 N–H and O–H groups in total. The molecule has 3 nitrogen and oxygen atoms in total. The number of likely N-dealkylation sites (N-methyl/N-ethyl adjacent to an activating group) is 1. The Kier molecular flexibility index (Phi) is 4.35. The Labute approximate surface area is 114 Å². The predicted molar refractivity (Wildman–Crippen MR) is 74.9 cm³/mol. The van der Waals surface area contributed by atoms with Gasteiger partial charge in [-0.05, 0) is 30.9 Å². The molecule has 1 aliphatic rings. The van der Waals surface area contributed by atoms with Gasteiger partial charge in [-0.25, -0.2) is 0 Å². The summed E-state index contributed by atoms with van der Waals surface area (Å²) in [6.07, 6.45) is 3.32. The lowest BCUT2D eigenvalue weighted by Gasteiger charge is -2.31. The van der Waals surface area contributed by atoms with Crippen molar-refractivity contribution in [2.75, 3.05) is 7.05 Å². The number of aryl methyl sites for hydroxylation is 1. The number of amides is 1. The fourth-order valence-corrected chi connectivity index (χ4v) is 2.61. The zero-order valence-corrected chi connectivity index (χ0v) is 11.7. The molecule has 0 heterocycles. The number of hydrogen-bond acceptors (Lipinski definition) is 2. The Bertz CT molecular complexity index is 471. The van der Waals surface area contributed by atoms with Gasteiger partial charge in [0.25, 0.3) is 0 Å². The second kappa shape index (κ2) is 6.00. The SMILES string of the molecule is Cc1ccccc1CC(=O)N(C)C1CCC(=O)CC1. The molecule has 1 aromatic rings. The number of rotatable bonds is 3. The van der Waals surface area contributed by atoms with Crippen LogP contribution in [0, 0.1) is 6.92 Å². The monoisotopic (exact) mass is 259 g/mol. The highest BCUT2D eigenvalue weighted by atomic mass is 16.2. The summed E-state index contributed by atoms with van der Waals surface area (Å²) in [5, 5.41) is 0. The fourth-order valence-electron chi connectivity index (χ4n) is 2.61. The van der Waals surface area contributed by atoms with E-state index in [-0.39, 0.29) is 11.9 Å². The highest BCUT2D eigenvalue weighted by Gasteiger charge is 2.25. The van der Waals surface area contributed by atoms with E-state index in [1.165, 1.54) is 0 Å². The van der Waals surface area contributed by atoms with Crippen LogP contribution in [0.4, 0.5) is 0 Å². The molecule has 102 valence electrons. The number of benzene rings is 1. The first-order chi connectivity index (χ1) is 9.08. The minimum absolute atomic E-state index is 0.147. The summed E-state index contributed by atoms with van der Waals surface area (Å²) < 4.78 is 0. The third-order valence-electron chi connectivity index (χ3n) is 4.06. The maximum absolute atomic E-state index is 12.3. The van der Waals surface area contributed by atoms with Crippen LogP contribution in [0.3, 0.4) is 0 Å². The second-order valence-electron chi connectivity index (χ2n) is 5.38. The van der Waals surface area contributed by atoms with Gasteiger partial charge in [0, 0.05) is 25.9 Å². The topological polar surface area (TPSA) is 37.4 Å². The average molecular weight is 259 g/mol. The largest absolute Gasteiger partial charge is 0.342 e. The van der Waals surface area contributed by atoms with E-state index in [0.717, 1.165) is 24.0 Å². The molecule has 0 aromatic heterocycles. The molecule has 1 fully saturated rings. The molecule has 1 amide bonds. The van der Waals surface area contributed by atoms with E-state index in [2.05, 4.69) is 0 Å². The number of Topliss-reactive ketones (excluding diaryl/α,β-unsaturated/α-hetero) is 1. The van der Waals surface area contributed by atoms with Crippen molar-refractivity contribution in [3.63, 3.8) is 0 Å². The fraction of sp³-hybridized carbons (Fsp3) is 0.500. The van der Waals surface area contributed by atoms with Gasteiger partial charge in [-0.15, -0.1) is 0 Å². The first kappa shape index (κ1) is 13.8. The van der Waals surface area contributed by atoms with Crippen molar-refractivity contribution in [1.29, 1.82) is 0 Å². The highest BCUT2D eigenvalue weighted by Crippen LogP contribution is 2.20. The van der Waals surface area contributed by atoms with E-state index in [9.17, 15) is 9.59 Å².